The van der Waals surface area contributed by atoms with Crippen molar-refractivity contribution in [3.63, 3.8) is 0 Å². The van der Waals surface area contributed by atoms with Crippen LogP contribution < -0.4 is 0 Å². The minimum Gasteiger partial charge on any atom is -0.224 e. The molecule has 0 saturated carbocycles. The van der Waals surface area contributed by atoms with Crippen LogP contribution in [0.3, 0.4) is 0 Å². The smallest absolute Gasteiger partial charge is 0.171 e. The topological polar surface area (TPSA) is 68.3 Å². The van der Waals surface area contributed by atoms with E-state index in [9.17, 15) is 16.8 Å². The Labute approximate surface area is 174 Å². The molecule has 0 aliphatic carbocycles. The van der Waals surface area contributed by atoms with Crippen LogP contribution in [-0.4, -0.2) is 28.3 Å². The summed E-state index contributed by atoms with van der Waals surface area (Å²) in [5, 5.41) is 2.64. The zero-order chi connectivity index (χ0) is 18.8. The molecule has 0 aromatic heterocycles. The Kier molecular flexibility index (Phi) is 29.6. The van der Waals surface area contributed by atoms with Crippen LogP contribution in [0.25, 0.3) is 0 Å². The molecule has 0 fully saturated rings. The second-order valence-corrected chi connectivity index (χ2v) is 8.13. The number of allylic oxidation sites excluding steroid dienone is 2. The molecular weight excluding hydrogens is 574 g/mol. The van der Waals surface area contributed by atoms with Crippen molar-refractivity contribution in [3.05, 3.63) is 23.0 Å². The van der Waals surface area contributed by atoms with E-state index in [1.54, 1.807) is 12.2 Å². The molecule has 0 atom stereocenters. The van der Waals surface area contributed by atoms with Crippen LogP contribution in [0.2, 0.25) is 0 Å². The molecular formula is C16H34I2O4S2. The largest absolute Gasteiger partial charge is 0.224 e. The van der Waals surface area contributed by atoms with Crippen LogP contribution in [0.15, 0.2) is 23.0 Å². The lowest BCUT2D eigenvalue weighted by atomic mass is 10.3. The molecule has 0 aromatic carbocycles. The van der Waals surface area contributed by atoms with Gasteiger partial charge in [0.15, 0.2) is 19.7 Å². The summed E-state index contributed by atoms with van der Waals surface area (Å²) >= 11 is 4.24. The predicted molar refractivity (Wildman–Crippen MR) is 126 cm³/mol. The highest BCUT2D eigenvalue weighted by Gasteiger charge is 2.08. The van der Waals surface area contributed by atoms with Gasteiger partial charge in [-0.2, -0.15) is 0 Å². The highest BCUT2D eigenvalue weighted by Crippen LogP contribution is 2.08. The SMILES string of the molecule is C.CC.CC.II.O=S1(=O)C=CCCC1.O=S1(=O)C=CCCCC1. The normalized spacial score (nSPS) is 18.8. The van der Waals surface area contributed by atoms with Crippen LogP contribution in [0, 0.1) is 0 Å². The highest BCUT2D eigenvalue weighted by molar-refractivity contribution is 15.0. The van der Waals surface area contributed by atoms with Crippen molar-refractivity contribution < 1.29 is 16.8 Å². The molecule has 2 aliphatic rings. The van der Waals surface area contributed by atoms with Gasteiger partial charge >= 0.3 is 0 Å². The van der Waals surface area contributed by atoms with E-state index >= 15 is 0 Å². The lowest BCUT2D eigenvalue weighted by Gasteiger charge is -2.00. The van der Waals surface area contributed by atoms with Gasteiger partial charge in [0.1, 0.15) is 0 Å². The van der Waals surface area contributed by atoms with E-state index in [0.717, 1.165) is 32.1 Å². The summed E-state index contributed by atoms with van der Waals surface area (Å²) in [6.45, 7) is 8.00. The van der Waals surface area contributed by atoms with Gasteiger partial charge in [-0.3, -0.25) is 0 Å². The van der Waals surface area contributed by atoms with E-state index in [2.05, 4.69) is 37.2 Å². The molecule has 24 heavy (non-hydrogen) atoms. The number of rotatable bonds is 0. The first-order valence-electron chi connectivity index (χ1n) is 7.84. The van der Waals surface area contributed by atoms with E-state index in [-0.39, 0.29) is 7.43 Å². The maximum absolute atomic E-state index is 10.8. The van der Waals surface area contributed by atoms with Gasteiger partial charge in [-0.05, 0) is 32.1 Å². The number of hydrogen-bond acceptors (Lipinski definition) is 4. The Hall–Kier alpha value is 0.840. The summed E-state index contributed by atoms with van der Waals surface area (Å²) in [4.78, 5) is 0. The molecule has 0 bridgehead atoms. The molecule has 0 aromatic rings. The van der Waals surface area contributed by atoms with Crippen LogP contribution >= 0.6 is 37.2 Å². The third-order valence-corrected chi connectivity index (χ3v) is 5.39. The van der Waals surface area contributed by atoms with Gasteiger partial charge in [-0.15, -0.1) is 0 Å². The van der Waals surface area contributed by atoms with Gasteiger partial charge in [0.25, 0.3) is 0 Å². The van der Waals surface area contributed by atoms with Crippen molar-refractivity contribution in [2.45, 2.75) is 67.2 Å². The third kappa shape index (κ3) is 22.8. The van der Waals surface area contributed by atoms with Crippen LogP contribution in [0.4, 0.5) is 0 Å². The molecule has 2 aliphatic heterocycles. The van der Waals surface area contributed by atoms with E-state index in [0.29, 0.717) is 11.5 Å². The molecule has 2 rings (SSSR count). The fourth-order valence-corrected chi connectivity index (χ4v) is 3.84. The van der Waals surface area contributed by atoms with Crippen molar-refractivity contribution in [2.75, 3.05) is 11.5 Å². The Morgan fingerprint density at radius 3 is 1.33 bits per heavy atom. The van der Waals surface area contributed by atoms with Gasteiger partial charge in [-0.25, -0.2) is 16.8 Å². The van der Waals surface area contributed by atoms with Crippen LogP contribution in [0.1, 0.15) is 67.2 Å². The second-order valence-electron chi connectivity index (χ2n) is 4.12. The number of hydrogen-bond donors (Lipinski definition) is 0. The maximum Gasteiger partial charge on any atom is 0.171 e. The first-order chi connectivity index (χ1) is 10.9. The first-order valence-corrected chi connectivity index (χ1v) is 17.6. The Morgan fingerprint density at radius 2 is 1.00 bits per heavy atom. The lowest BCUT2D eigenvalue weighted by molar-refractivity contribution is 0.599. The van der Waals surface area contributed by atoms with Gasteiger partial charge in [-0.1, -0.05) is 47.3 Å². The van der Waals surface area contributed by atoms with Gasteiger partial charge in [0.05, 0.1) is 11.5 Å². The predicted octanol–water partition coefficient (Wildman–Crippen LogP) is 6.27. The van der Waals surface area contributed by atoms with Crippen molar-refractivity contribution in [1.82, 2.24) is 0 Å². The van der Waals surface area contributed by atoms with E-state index in [1.807, 2.05) is 27.7 Å². The number of halogens is 2. The fraction of sp³-hybridized carbons (Fsp3) is 0.750. The second kappa shape index (κ2) is 21.9. The highest BCUT2D eigenvalue weighted by atomic mass is 128. The van der Waals surface area contributed by atoms with Crippen LogP contribution in [0.5, 0.6) is 0 Å². The Morgan fingerprint density at radius 1 is 0.667 bits per heavy atom. The van der Waals surface area contributed by atoms with E-state index in [4.69, 9.17) is 0 Å². The van der Waals surface area contributed by atoms with Crippen molar-refractivity contribution in [1.29, 1.82) is 0 Å². The van der Waals surface area contributed by atoms with E-state index in [1.165, 1.54) is 10.8 Å². The van der Waals surface area contributed by atoms with Crippen molar-refractivity contribution in [2.24, 2.45) is 0 Å². The molecule has 4 nitrogen and oxygen atoms in total. The standard InChI is InChI=1S/C6H10O2S.C5H8O2S.2C2H6.CH4.I2/c7-9(8)5-3-1-2-4-6-9;6-8(7)4-2-1-3-5-8;2*1-2;;1-2/h3,5H,1-2,4,6H2;2,4H,1,3,5H2;2*1-2H3;1H4;. The lowest BCUT2D eigenvalue weighted by Crippen LogP contribution is -2.04. The first kappa shape index (κ1) is 32.5. The van der Waals surface area contributed by atoms with E-state index < -0.39 is 19.7 Å². The third-order valence-electron chi connectivity index (χ3n) is 2.46. The molecule has 0 amide bonds. The van der Waals surface area contributed by atoms with Crippen LogP contribution in [-0.2, 0) is 19.7 Å². The van der Waals surface area contributed by atoms with Crippen molar-refractivity contribution in [3.8, 4) is 0 Å². The average molecular weight is 608 g/mol. The Bertz CT molecular complexity index is 496. The monoisotopic (exact) mass is 608 g/mol. The Balaban J connectivity index is -0.000000124. The molecule has 0 radical (unpaired) electrons. The van der Waals surface area contributed by atoms with Gasteiger partial charge in [0.2, 0.25) is 0 Å². The molecule has 2 heterocycles. The minimum atomic E-state index is -2.80. The summed E-state index contributed by atoms with van der Waals surface area (Å²) < 4.78 is 42.7. The van der Waals surface area contributed by atoms with Gasteiger partial charge in [0, 0.05) is 48.0 Å². The minimum absolute atomic E-state index is 0. The summed E-state index contributed by atoms with van der Waals surface area (Å²) in [5.41, 5.74) is 0. The fourth-order valence-electron chi connectivity index (χ4n) is 1.53. The summed E-state index contributed by atoms with van der Waals surface area (Å²) in [6.07, 6.45) is 7.89. The molecule has 0 N–H and O–H groups in total. The number of sulfone groups is 2. The zero-order valence-electron chi connectivity index (χ0n) is 14.5. The molecule has 8 heteroatoms. The summed E-state index contributed by atoms with van der Waals surface area (Å²) in [6, 6.07) is 0. The maximum atomic E-state index is 10.8. The summed E-state index contributed by atoms with van der Waals surface area (Å²) in [5.74, 6) is 0.674. The average Bonchev–Trinajstić information content (AvgIpc) is 2.77. The van der Waals surface area contributed by atoms with Crippen molar-refractivity contribution >= 4 is 56.9 Å². The molecule has 0 saturated heterocycles. The molecule has 148 valence electrons. The summed E-state index contributed by atoms with van der Waals surface area (Å²) in [7, 11) is -5.56. The quantitative estimate of drug-likeness (QED) is 0.305. The molecule has 0 spiro atoms. The molecule has 0 unspecified atom stereocenters. The van der Waals surface area contributed by atoms with Gasteiger partial charge < -0.3 is 0 Å². The zero-order valence-corrected chi connectivity index (χ0v) is 20.4.